The summed E-state index contributed by atoms with van der Waals surface area (Å²) in [5.41, 5.74) is 3.64. The van der Waals surface area contributed by atoms with E-state index in [0.717, 1.165) is 5.96 Å². The van der Waals surface area contributed by atoms with E-state index in [2.05, 4.69) is 77.9 Å². The molecule has 3 atom stereocenters. The molecular formula is C25H27N3O. The van der Waals surface area contributed by atoms with Gasteiger partial charge < -0.3 is 15.3 Å². The minimum Gasteiger partial charge on any atom is -0.394 e. The molecule has 0 unspecified atom stereocenters. The van der Waals surface area contributed by atoms with Crippen LogP contribution in [0.2, 0.25) is 0 Å². The van der Waals surface area contributed by atoms with Crippen LogP contribution in [0.25, 0.3) is 0 Å². The first-order valence-corrected chi connectivity index (χ1v) is 10.1. The van der Waals surface area contributed by atoms with Gasteiger partial charge in [-0.3, -0.25) is 0 Å². The molecule has 0 amide bonds. The van der Waals surface area contributed by atoms with Crippen LogP contribution in [-0.2, 0) is 6.42 Å². The van der Waals surface area contributed by atoms with E-state index in [9.17, 15) is 5.11 Å². The van der Waals surface area contributed by atoms with Crippen molar-refractivity contribution in [3.63, 3.8) is 0 Å². The van der Waals surface area contributed by atoms with Crippen molar-refractivity contribution >= 4 is 5.96 Å². The fourth-order valence-corrected chi connectivity index (χ4v) is 4.01. The Bertz CT molecular complexity index is 928. The highest BCUT2D eigenvalue weighted by Crippen LogP contribution is 2.38. The summed E-state index contributed by atoms with van der Waals surface area (Å²) in [4.78, 5) is 7.10. The lowest BCUT2D eigenvalue weighted by Crippen LogP contribution is -2.31. The first-order valence-electron chi connectivity index (χ1n) is 10.1. The average molecular weight is 386 g/mol. The monoisotopic (exact) mass is 385 g/mol. The fraction of sp³-hybridized carbons (Fsp3) is 0.240. The van der Waals surface area contributed by atoms with Crippen LogP contribution in [0, 0.1) is 0 Å². The van der Waals surface area contributed by atoms with E-state index in [1.807, 2.05) is 30.3 Å². The minimum absolute atomic E-state index is 0.0138. The van der Waals surface area contributed by atoms with E-state index in [1.54, 1.807) is 0 Å². The molecule has 0 saturated carbocycles. The zero-order chi connectivity index (χ0) is 20.1. The molecule has 0 bridgehead atoms. The van der Waals surface area contributed by atoms with Crippen molar-refractivity contribution in [2.24, 2.45) is 4.99 Å². The smallest absolute Gasteiger partial charge is 0.195 e. The number of aliphatic hydroxyl groups excluding tert-OH is 1. The quantitative estimate of drug-likeness (QED) is 0.675. The summed E-state index contributed by atoms with van der Waals surface area (Å²) in [5.74, 6) is 0.822. The zero-order valence-corrected chi connectivity index (χ0v) is 16.6. The topological polar surface area (TPSA) is 47.9 Å². The summed E-state index contributed by atoms with van der Waals surface area (Å²) < 4.78 is 0. The standard InChI is InChI=1S/C25H27N3O/c1-28-24(21-15-9-4-10-16-21)23(20-13-7-3-8-14-20)27-25(28)26-22(18-29)17-19-11-5-2-6-12-19/h2-16,22-24,29H,17-18H2,1H3,(H,26,27)/t22-,23+,24+/m1/s1. The molecule has 0 aromatic heterocycles. The van der Waals surface area contributed by atoms with Crippen LogP contribution in [-0.4, -0.2) is 35.7 Å². The second-order valence-corrected chi connectivity index (χ2v) is 7.48. The summed E-state index contributed by atoms with van der Waals surface area (Å²) in [6.45, 7) is 0.0138. The van der Waals surface area contributed by atoms with Crippen molar-refractivity contribution in [3.8, 4) is 0 Å². The van der Waals surface area contributed by atoms with E-state index in [0.29, 0.717) is 6.42 Å². The van der Waals surface area contributed by atoms with Gasteiger partial charge in [0, 0.05) is 7.05 Å². The molecule has 0 spiro atoms. The van der Waals surface area contributed by atoms with Gasteiger partial charge >= 0.3 is 0 Å². The van der Waals surface area contributed by atoms with E-state index in [1.165, 1.54) is 16.7 Å². The van der Waals surface area contributed by atoms with Gasteiger partial charge in [-0.15, -0.1) is 0 Å². The van der Waals surface area contributed by atoms with Crippen LogP contribution in [0.15, 0.2) is 96.0 Å². The van der Waals surface area contributed by atoms with E-state index >= 15 is 0 Å². The maximum Gasteiger partial charge on any atom is 0.195 e. The number of rotatable bonds is 6. The second kappa shape index (κ2) is 8.93. The maximum atomic E-state index is 9.95. The van der Waals surface area contributed by atoms with E-state index in [-0.39, 0.29) is 24.7 Å². The molecule has 1 fully saturated rings. The molecule has 1 aliphatic heterocycles. The summed E-state index contributed by atoms with van der Waals surface area (Å²) >= 11 is 0. The number of hydrogen-bond acceptors (Lipinski definition) is 2. The number of likely N-dealkylation sites (N-methyl/N-ethyl adjacent to an activating group) is 1. The van der Waals surface area contributed by atoms with Crippen LogP contribution >= 0.6 is 0 Å². The molecule has 148 valence electrons. The second-order valence-electron chi connectivity index (χ2n) is 7.48. The Balaban J connectivity index is 1.65. The van der Waals surface area contributed by atoms with Gasteiger partial charge in [-0.1, -0.05) is 91.0 Å². The molecular weight excluding hydrogens is 358 g/mol. The Kier molecular flexibility index (Phi) is 5.92. The molecule has 29 heavy (non-hydrogen) atoms. The molecule has 1 aliphatic rings. The number of guanidine groups is 1. The Hall–Kier alpha value is -3.11. The predicted molar refractivity (Wildman–Crippen MR) is 118 cm³/mol. The predicted octanol–water partition coefficient (Wildman–Crippen LogP) is 3.96. The van der Waals surface area contributed by atoms with Gasteiger partial charge in [0.15, 0.2) is 5.96 Å². The molecule has 4 rings (SSSR count). The molecule has 0 aliphatic carbocycles. The molecule has 3 aromatic carbocycles. The largest absolute Gasteiger partial charge is 0.394 e. The van der Waals surface area contributed by atoms with Gasteiger partial charge in [0.1, 0.15) is 0 Å². The van der Waals surface area contributed by atoms with Gasteiger partial charge in [0.05, 0.1) is 24.7 Å². The van der Waals surface area contributed by atoms with E-state index < -0.39 is 0 Å². The fourth-order valence-electron chi connectivity index (χ4n) is 4.01. The third-order valence-electron chi connectivity index (χ3n) is 5.48. The third kappa shape index (κ3) is 4.33. The molecule has 1 heterocycles. The first kappa shape index (κ1) is 19.2. The lowest BCUT2D eigenvalue weighted by atomic mass is 9.94. The Morgan fingerprint density at radius 2 is 1.41 bits per heavy atom. The highest BCUT2D eigenvalue weighted by Gasteiger charge is 2.37. The lowest BCUT2D eigenvalue weighted by molar-refractivity contribution is 0.264. The highest BCUT2D eigenvalue weighted by atomic mass is 16.3. The normalized spacial score (nSPS) is 21.2. The first-order chi connectivity index (χ1) is 14.3. The van der Waals surface area contributed by atoms with Crippen LogP contribution < -0.4 is 5.32 Å². The zero-order valence-electron chi connectivity index (χ0n) is 16.6. The molecule has 1 saturated heterocycles. The van der Waals surface area contributed by atoms with Gasteiger partial charge in [-0.05, 0) is 23.1 Å². The highest BCUT2D eigenvalue weighted by molar-refractivity contribution is 5.83. The van der Waals surface area contributed by atoms with Crippen molar-refractivity contribution in [2.75, 3.05) is 13.7 Å². The summed E-state index contributed by atoms with van der Waals surface area (Å²) in [6.07, 6.45) is 0.711. The number of aliphatic imine (C=N–C) groups is 1. The van der Waals surface area contributed by atoms with E-state index in [4.69, 9.17) is 4.99 Å². The SMILES string of the molecule is CN1/C(=N/[C@@H](CO)Cc2ccccc2)N[C@@H](c2ccccc2)[C@@H]1c1ccccc1. The summed E-state index contributed by atoms with van der Waals surface area (Å²) in [5, 5.41) is 13.6. The number of aliphatic hydroxyl groups is 1. The molecule has 3 aromatic rings. The average Bonchev–Trinajstić information content (AvgIpc) is 3.11. The number of nitrogens with one attached hydrogen (secondary N) is 1. The minimum atomic E-state index is -0.187. The Morgan fingerprint density at radius 3 is 2.00 bits per heavy atom. The van der Waals surface area contributed by atoms with Crippen molar-refractivity contribution in [1.29, 1.82) is 0 Å². The number of nitrogens with zero attached hydrogens (tertiary/aromatic N) is 2. The number of hydrogen-bond donors (Lipinski definition) is 2. The molecule has 0 radical (unpaired) electrons. The summed E-state index contributed by atoms with van der Waals surface area (Å²) in [7, 11) is 2.07. The van der Waals surface area contributed by atoms with Gasteiger partial charge in [0.25, 0.3) is 0 Å². The van der Waals surface area contributed by atoms with Gasteiger partial charge in [0.2, 0.25) is 0 Å². The van der Waals surface area contributed by atoms with Crippen molar-refractivity contribution < 1.29 is 5.11 Å². The van der Waals surface area contributed by atoms with Gasteiger partial charge in [-0.2, -0.15) is 0 Å². The third-order valence-corrected chi connectivity index (χ3v) is 5.48. The van der Waals surface area contributed by atoms with Crippen LogP contribution in [0.1, 0.15) is 28.8 Å². The van der Waals surface area contributed by atoms with Gasteiger partial charge in [-0.25, -0.2) is 4.99 Å². The van der Waals surface area contributed by atoms with Crippen molar-refractivity contribution in [2.45, 2.75) is 24.5 Å². The molecule has 4 nitrogen and oxygen atoms in total. The van der Waals surface area contributed by atoms with Crippen LogP contribution in [0.5, 0.6) is 0 Å². The maximum absolute atomic E-state index is 9.95. The lowest BCUT2D eigenvalue weighted by Gasteiger charge is -2.25. The Morgan fingerprint density at radius 1 is 0.862 bits per heavy atom. The Labute approximate surface area is 172 Å². The molecule has 4 heteroatoms. The number of benzene rings is 3. The van der Waals surface area contributed by atoms with Crippen molar-refractivity contribution in [1.82, 2.24) is 10.2 Å². The molecule has 2 N–H and O–H groups in total. The van der Waals surface area contributed by atoms with Crippen molar-refractivity contribution in [3.05, 3.63) is 108 Å². The summed E-state index contributed by atoms with van der Waals surface area (Å²) in [6, 6.07) is 31.2. The van der Waals surface area contributed by atoms with Crippen LogP contribution in [0.4, 0.5) is 0 Å². The van der Waals surface area contributed by atoms with Crippen LogP contribution in [0.3, 0.4) is 0 Å².